The Hall–Kier alpha value is -0.870. The van der Waals surface area contributed by atoms with E-state index >= 15 is 0 Å². The van der Waals surface area contributed by atoms with Gasteiger partial charge in [-0.3, -0.25) is 0 Å². The Balaban J connectivity index is 2.13. The van der Waals surface area contributed by atoms with E-state index in [2.05, 4.69) is 29.6 Å². The summed E-state index contributed by atoms with van der Waals surface area (Å²) in [7, 11) is 0. The zero-order valence-electron chi connectivity index (χ0n) is 9.84. The summed E-state index contributed by atoms with van der Waals surface area (Å²) in [4.78, 5) is 0. The second kappa shape index (κ2) is 6.58. The summed E-state index contributed by atoms with van der Waals surface area (Å²) in [5.41, 5.74) is 0.967. The van der Waals surface area contributed by atoms with Gasteiger partial charge in [-0.1, -0.05) is 12.1 Å². The Bertz CT molecular complexity index is 273. The number of aryl methyl sites for hydroxylation is 1. The number of hydrogen-bond acceptors (Lipinski definition) is 4. The van der Waals surface area contributed by atoms with Gasteiger partial charge in [0.2, 0.25) is 0 Å². The van der Waals surface area contributed by atoms with E-state index in [1.807, 2.05) is 13.0 Å². The fraction of sp³-hybridized carbons (Fsp3) is 0.727. The maximum Gasteiger partial charge on any atom is 0.133 e. The number of nitrogens with zero attached hydrogens (tertiary/aromatic N) is 1. The van der Waals surface area contributed by atoms with Gasteiger partial charge in [-0.2, -0.15) is 0 Å². The highest BCUT2D eigenvalue weighted by Gasteiger charge is 2.03. The van der Waals surface area contributed by atoms with Crippen molar-refractivity contribution in [2.24, 2.45) is 0 Å². The van der Waals surface area contributed by atoms with Gasteiger partial charge in [0.15, 0.2) is 0 Å². The Labute approximate surface area is 91.4 Å². The molecule has 0 saturated heterocycles. The molecule has 0 saturated carbocycles. The maximum atomic E-state index is 4.99. The minimum Gasteiger partial charge on any atom is -0.361 e. The molecule has 0 aromatic carbocycles. The van der Waals surface area contributed by atoms with Crippen LogP contribution in [0.5, 0.6) is 0 Å². The fourth-order valence-corrected chi connectivity index (χ4v) is 1.35. The number of nitrogens with one attached hydrogen (secondary N) is 2. The quantitative estimate of drug-likeness (QED) is 0.670. The topological polar surface area (TPSA) is 50.1 Å². The highest BCUT2D eigenvalue weighted by molar-refractivity contribution is 5.03. The van der Waals surface area contributed by atoms with E-state index in [-0.39, 0.29) is 0 Å². The van der Waals surface area contributed by atoms with Crippen LogP contribution in [0.2, 0.25) is 0 Å². The van der Waals surface area contributed by atoms with Gasteiger partial charge < -0.3 is 15.2 Å². The molecule has 15 heavy (non-hydrogen) atoms. The van der Waals surface area contributed by atoms with Crippen molar-refractivity contribution >= 4 is 0 Å². The summed E-state index contributed by atoms with van der Waals surface area (Å²) in [6.07, 6.45) is 1.18. The molecule has 4 heteroatoms. The summed E-state index contributed by atoms with van der Waals surface area (Å²) in [5.74, 6) is 0.864. The predicted molar refractivity (Wildman–Crippen MR) is 60.7 cm³/mol. The van der Waals surface area contributed by atoms with E-state index in [9.17, 15) is 0 Å². The first-order valence-corrected chi connectivity index (χ1v) is 5.58. The molecule has 1 aromatic rings. The zero-order chi connectivity index (χ0) is 11.1. The minimum atomic E-state index is 0.452. The zero-order valence-corrected chi connectivity index (χ0v) is 9.84. The van der Waals surface area contributed by atoms with E-state index in [0.717, 1.165) is 31.1 Å². The van der Waals surface area contributed by atoms with Crippen molar-refractivity contribution in [3.8, 4) is 0 Å². The molecule has 2 N–H and O–H groups in total. The number of aromatic nitrogens is 1. The van der Waals surface area contributed by atoms with Crippen molar-refractivity contribution < 1.29 is 4.52 Å². The molecule has 1 atom stereocenters. The van der Waals surface area contributed by atoms with Crippen LogP contribution in [0, 0.1) is 6.92 Å². The second-order valence-electron chi connectivity index (χ2n) is 3.91. The molecule has 1 rings (SSSR count). The van der Waals surface area contributed by atoms with Crippen LogP contribution in [0.25, 0.3) is 0 Å². The lowest BCUT2D eigenvalue weighted by Crippen LogP contribution is -2.36. The van der Waals surface area contributed by atoms with E-state index < -0.39 is 0 Å². The van der Waals surface area contributed by atoms with Crippen molar-refractivity contribution in [1.29, 1.82) is 0 Å². The van der Waals surface area contributed by atoms with E-state index in [1.165, 1.54) is 6.42 Å². The molecule has 4 nitrogen and oxygen atoms in total. The average Bonchev–Trinajstić information content (AvgIpc) is 2.62. The third-order valence-corrected chi connectivity index (χ3v) is 2.19. The van der Waals surface area contributed by atoms with Gasteiger partial charge in [0.25, 0.3) is 0 Å². The standard InChI is InChI=1S/C11H21N3O/c1-4-5-12-7-9(2)13-8-11-6-10(3)15-14-11/h6,9,12-13H,4-5,7-8H2,1-3H3. The van der Waals surface area contributed by atoms with Gasteiger partial charge in [0, 0.05) is 25.2 Å². The van der Waals surface area contributed by atoms with Crippen molar-refractivity contribution in [2.45, 2.75) is 39.8 Å². The molecule has 1 heterocycles. The molecule has 0 bridgehead atoms. The van der Waals surface area contributed by atoms with Gasteiger partial charge in [-0.25, -0.2) is 0 Å². The third kappa shape index (κ3) is 4.95. The highest BCUT2D eigenvalue weighted by atomic mass is 16.5. The SMILES string of the molecule is CCCNCC(C)NCc1cc(C)on1. The summed E-state index contributed by atoms with van der Waals surface area (Å²) in [6.45, 7) is 9.08. The third-order valence-electron chi connectivity index (χ3n) is 2.19. The van der Waals surface area contributed by atoms with Crippen LogP contribution < -0.4 is 10.6 Å². The normalized spacial score (nSPS) is 13.0. The molecule has 86 valence electrons. The molecule has 0 radical (unpaired) electrons. The minimum absolute atomic E-state index is 0.452. The van der Waals surface area contributed by atoms with Gasteiger partial charge in [0.1, 0.15) is 5.76 Å². The highest BCUT2D eigenvalue weighted by Crippen LogP contribution is 2.00. The lowest BCUT2D eigenvalue weighted by atomic mass is 10.3. The number of hydrogen-bond donors (Lipinski definition) is 2. The van der Waals surface area contributed by atoms with Crippen LogP contribution in [-0.2, 0) is 6.54 Å². The average molecular weight is 211 g/mol. The molecular weight excluding hydrogens is 190 g/mol. The molecule has 0 amide bonds. The monoisotopic (exact) mass is 211 g/mol. The first-order valence-electron chi connectivity index (χ1n) is 5.58. The Morgan fingerprint density at radius 3 is 2.93 bits per heavy atom. The number of rotatable bonds is 7. The summed E-state index contributed by atoms with van der Waals surface area (Å²) >= 11 is 0. The first kappa shape index (κ1) is 12.2. The first-order chi connectivity index (χ1) is 7.22. The van der Waals surface area contributed by atoms with Crippen LogP contribution in [0.1, 0.15) is 31.7 Å². The van der Waals surface area contributed by atoms with Crippen LogP contribution in [0.15, 0.2) is 10.6 Å². The summed E-state index contributed by atoms with van der Waals surface area (Å²) in [6, 6.07) is 2.41. The van der Waals surface area contributed by atoms with E-state index in [0.29, 0.717) is 6.04 Å². The van der Waals surface area contributed by atoms with Crippen LogP contribution >= 0.6 is 0 Å². The molecule has 0 aliphatic rings. The second-order valence-corrected chi connectivity index (χ2v) is 3.91. The molecule has 0 aliphatic carbocycles. The van der Waals surface area contributed by atoms with Crippen LogP contribution in [-0.4, -0.2) is 24.3 Å². The van der Waals surface area contributed by atoms with Crippen molar-refractivity contribution in [3.05, 3.63) is 17.5 Å². The Morgan fingerprint density at radius 1 is 1.53 bits per heavy atom. The molecular formula is C11H21N3O. The van der Waals surface area contributed by atoms with Gasteiger partial charge in [-0.15, -0.1) is 0 Å². The van der Waals surface area contributed by atoms with Crippen molar-refractivity contribution in [3.63, 3.8) is 0 Å². The molecule has 1 unspecified atom stereocenters. The molecule has 0 fully saturated rings. The Kier molecular flexibility index (Phi) is 5.36. The van der Waals surface area contributed by atoms with Gasteiger partial charge in [-0.05, 0) is 26.8 Å². The van der Waals surface area contributed by atoms with Crippen molar-refractivity contribution in [2.75, 3.05) is 13.1 Å². The van der Waals surface area contributed by atoms with Crippen LogP contribution in [0.4, 0.5) is 0 Å². The molecule has 1 aromatic heterocycles. The van der Waals surface area contributed by atoms with E-state index in [4.69, 9.17) is 4.52 Å². The van der Waals surface area contributed by atoms with Crippen molar-refractivity contribution in [1.82, 2.24) is 15.8 Å². The summed E-state index contributed by atoms with van der Waals surface area (Å²) in [5, 5.41) is 10.7. The smallest absolute Gasteiger partial charge is 0.133 e. The lowest BCUT2D eigenvalue weighted by molar-refractivity contribution is 0.385. The molecule has 0 spiro atoms. The fourth-order valence-electron chi connectivity index (χ4n) is 1.35. The Morgan fingerprint density at radius 2 is 2.33 bits per heavy atom. The molecule has 0 aliphatic heterocycles. The predicted octanol–water partition coefficient (Wildman–Crippen LogP) is 1.46. The lowest BCUT2D eigenvalue weighted by Gasteiger charge is -2.13. The van der Waals surface area contributed by atoms with Crippen LogP contribution in [0.3, 0.4) is 0 Å². The largest absolute Gasteiger partial charge is 0.361 e. The van der Waals surface area contributed by atoms with Gasteiger partial charge in [0.05, 0.1) is 5.69 Å². The maximum absolute atomic E-state index is 4.99. The van der Waals surface area contributed by atoms with Gasteiger partial charge >= 0.3 is 0 Å². The summed E-state index contributed by atoms with van der Waals surface area (Å²) < 4.78 is 4.99. The van der Waals surface area contributed by atoms with E-state index in [1.54, 1.807) is 0 Å².